The van der Waals surface area contributed by atoms with Gasteiger partial charge in [0.05, 0.1) is 5.69 Å². The molecule has 0 aliphatic rings. The zero-order valence-electron chi connectivity index (χ0n) is 10.1. The summed E-state index contributed by atoms with van der Waals surface area (Å²) in [6.07, 6.45) is 1.78. The first-order valence-electron chi connectivity index (χ1n) is 5.81. The third-order valence-electron chi connectivity index (χ3n) is 3.10. The molecular weight excluding hydrogens is 224 g/mol. The second-order valence-electron chi connectivity index (χ2n) is 4.27. The Morgan fingerprint density at radius 2 is 1.72 bits per heavy atom. The molecule has 3 heteroatoms. The number of nitrogens with zero attached hydrogens (tertiary/aromatic N) is 1. The average molecular weight is 238 g/mol. The number of para-hydroxylation sites is 1. The summed E-state index contributed by atoms with van der Waals surface area (Å²) in [6.45, 7) is 0. The summed E-state index contributed by atoms with van der Waals surface area (Å²) >= 11 is 0. The van der Waals surface area contributed by atoms with Crippen molar-refractivity contribution in [2.24, 2.45) is 0 Å². The first kappa shape index (κ1) is 10.7. The van der Waals surface area contributed by atoms with Gasteiger partial charge < -0.3 is 15.1 Å². The van der Waals surface area contributed by atoms with Gasteiger partial charge in [0.2, 0.25) is 0 Å². The molecule has 90 valence electrons. The number of hydrogen-bond donors (Lipinski definition) is 1. The Hall–Kier alpha value is -2.42. The molecule has 1 aromatic heterocycles. The molecule has 3 nitrogen and oxygen atoms in total. The van der Waals surface area contributed by atoms with E-state index in [9.17, 15) is 0 Å². The minimum atomic E-state index is 0.768. The van der Waals surface area contributed by atoms with Gasteiger partial charge in [-0.3, -0.25) is 0 Å². The second-order valence-corrected chi connectivity index (χ2v) is 4.27. The van der Waals surface area contributed by atoms with E-state index in [2.05, 4.69) is 11.0 Å². The molecule has 0 aliphatic heterocycles. The van der Waals surface area contributed by atoms with Crippen LogP contribution in [0.25, 0.3) is 11.0 Å². The maximum atomic E-state index is 5.70. The van der Waals surface area contributed by atoms with Crippen LogP contribution in [0, 0.1) is 0 Å². The summed E-state index contributed by atoms with van der Waals surface area (Å²) in [5.74, 6) is 0. The average Bonchev–Trinajstić information content (AvgIpc) is 2.82. The number of anilines is 3. The lowest BCUT2D eigenvalue weighted by Gasteiger charge is -2.17. The molecule has 0 unspecified atom stereocenters. The summed E-state index contributed by atoms with van der Waals surface area (Å²) in [6, 6.07) is 15.8. The van der Waals surface area contributed by atoms with Crippen molar-refractivity contribution in [1.29, 1.82) is 0 Å². The van der Waals surface area contributed by atoms with Crippen molar-refractivity contribution in [2.45, 2.75) is 0 Å². The summed E-state index contributed by atoms with van der Waals surface area (Å²) in [4.78, 5) is 2.09. The lowest BCUT2D eigenvalue weighted by Crippen LogP contribution is -2.08. The molecule has 3 rings (SSSR count). The molecule has 3 aromatic rings. The molecule has 0 saturated heterocycles. The van der Waals surface area contributed by atoms with Crippen LogP contribution in [0.4, 0.5) is 17.1 Å². The van der Waals surface area contributed by atoms with E-state index in [1.807, 2.05) is 49.5 Å². The molecule has 2 N–H and O–H groups in total. The van der Waals surface area contributed by atoms with Gasteiger partial charge >= 0.3 is 0 Å². The third kappa shape index (κ3) is 1.70. The molecule has 0 amide bonds. The summed E-state index contributed by atoms with van der Waals surface area (Å²) in [7, 11) is 2.02. The van der Waals surface area contributed by atoms with Gasteiger partial charge in [-0.2, -0.15) is 0 Å². The number of rotatable bonds is 2. The van der Waals surface area contributed by atoms with Crippen LogP contribution in [-0.2, 0) is 0 Å². The van der Waals surface area contributed by atoms with Crippen molar-refractivity contribution in [3.63, 3.8) is 0 Å². The van der Waals surface area contributed by atoms with Gasteiger partial charge in [-0.1, -0.05) is 12.1 Å². The molecule has 0 aliphatic carbocycles. The van der Waals surface area contributed by atoms with Crippen molar-refractivity contribution in [2.75, 3.05) is 17.7 Å². The first-order valence-corrected chi connectivity index (χ1v) is 5.81. The fourth-order valence-corrected chi connectivity index (χ4v) is 2.06. The Labute approximate surface area is 105 Å². The molecule has 18 heavy (non-hydrogen) atoms. The van der Waals surface area contributed by atoms with Gasteiger partial charge in [-0.25, -0.2) is 0 Å². The zero-order chi connectivity index (χ0) is 12.5. The highest BCUT2D eigenvalue weighted by atomic mass is 16.3. The number of nitrogen functional groups attached to an aromatic ring is 1. The quantitative estimate of drug-likeness (QED) is 0.691. The highest BCUT2D eigenvalue weighted by Gasteiger charge is 2.10. The van der Waals surface area contributed by atoms with E-state index in [0.717, 1.165) is 28.0 Å². The number of nitrogens with two attached hydrogens (primary N) is 1. The topological polar surface area (TPSA) is 42.4 Å². The molecule has 0 saturated carbocycles. The third-order valence-corrected chi connectivity index (χ3v) is 3.10. The standard InChI is InChI=1S/C15H14N2O/c1-17(12-8-6-11(16)7-9-12)14-10-18-15-5-3-2-4-13(14)15/h2-10H,16H2,1H3. The Kier molecular flexibility index (Phi) is 2.45. The predicted octanol–water partition coefficient (Wildman–Crippen LogP) is 3.78. The Balaban J connectivity index is 2.06. The van der Waals surface area contributed by atoms with Gasteiger partial charge in [0, 0.05) is 23.8 Å². The molecule has 0 atom stereocenters. The fraction of sp³-hybridized carbons (Fsp3) is 0.0667. The Morgan fingerprint density at radius 3 is 2.50 bits per heavy atom. The van der Waals surface area contributed by atoms with Gasteiger partial charge in [0.15, 0.2) is 0 Å². The molecular formula is C15H14N2O. The van der Waals surface area contributed by atoms with E-state index in [1.54, 1.807) is 6.26 Å². The van der Waals surface area contributed by atoms with Crippen molar-refractivity contribution in [3.05, 3.63) is 54.8 Å². The lowest BCUT2D eigenvalue weighted by atomic mass is 10.2. The minimum Gasteiger partial charge on any atom is -0.462 e. The summed E-state index contributed by atoms with van der Waals surface area (Å²) in [5, 5.41) is 1.11. The van der Waals surface area contributed by atoms with Crippen LogP contribution in [0.1, 0.15) is 0 Å². The SMILES string of the molecule is CN(c1ccc(N)cc1)c1coc2ccccc12. The molecule has 0 bridgehead atoms. The van der Waals surface area contributed by atoms with E-state index < -0.39 is 0 Å². The second kappa shape index (κ2) is 4.11. The van der Waals surface area contributed by atoms with Crippen LogP contribution in [0.15, 0.2) is 59.2 Å². The Bertz CT molecular complexity index is 670. The van der Waals surface area contributed by atoms with Crippen LogP contribution >= 0.6 is 0 Å². The van der Waals surface area contributed by atoms with Crippen LogP contribution in [0.2, 0.25) is 0 Å². The van der Waals surface area contributed by atoms with Crippen molar-refractivity contribution in [1.82, 2.24) is 0 Å². The largest absolute Gasteiger partial charge is 0.462 e. The minimum absolute atomic E-state index is 0.768. The monoisotopic (exact) mass is 238 g/mol. The number of furan rings is 1. The van der Waals surface area contributed by atoms with E-state index in [1.165, 1.54) is 0 Å². The predicted molar refractivity (Wildman–Crippen MR) is 75.1 cm³/mol. The van der Waals surface area contributed by atoms with Crippen LogP contribution < -0.4 is 10.6 Å². The van der Waals surface area contributed by atoms with Gasteiger partial charge in [0.25, 0.3) is 0 Å². The number of fused-ring (bicyclic) bond motifs is 1. The van der Waals surface area contributed by atoms with E-state index in [4.69, 9.17) is 10.2 Å². The number of benzene rings is 2. The van der Waals surface area contributed by atoms with Crippen molar-refractivity contribution >= 4 is 28.0 Å². The maximum Gasteiger partial charge on any atom is 0.136 e. The van der Waals surface area contributed by atoms with Crippen LogP contribution in [-0.4, -0.2) is 7.05 Å². The van der Waals surface area contributed by atoms with Crippen LogP contribution in [0.5, 0.6) is 0 Å². The summed E-state index contributed by atoms with van der Waals surface area (Å²) in [5.41, 5.74) is 9.50. The van der Waals surface area contributed by atoms with E-state index in [-0.39, 0.29) is 0 Å². The highest BCUT2D eigenvalue weighted by molar-refractivity contribution is 5.93. The zero-order valence-corrected chi connectivity index (χ0v) is 10.1. The molecule has 2 aromatic carbocycles. The molecule has 1 heterocycles. The smallest absolute Gasteiger partial charge is 0.136 e. The normalized spacial score (nSPS) is 10.7. The maximum absolute atomic E-state index is 5.70. The highest BCUT2D eigenvalue weighted by Crippen LogP contribution is 2.32. The van der Waals surface area contributed by atoms with Crippen molar-refractivity contribution < 1.29 is 4.42 Å². The van der Waals surface area contributed by atoms with Gasteiger partial charge in [-0.05, 0) is 36.4 Å². The van der Waals surface area contributed by atoms with Crippen LogP contribution in [0.3, 0.4) is 0 Å². The molecule has 0 fully saturated rings. The van der Waals surface area contributed by atoms with E-state index in [0.29, 0.717) is 0 Å². The van der Waals surface area contributed by atoms with Crippen molar-refractivity contribution in [3.8, 4) is 0 Å². The number of hydrogen-bond acceptors (Lipinski definition) is 3. The molecule has 0 spiro atoms. The lowest BCUT2D eigenvalue weighted by molar-refractivity contribution is 0.616. The van der Waals surface area contributed by atoms with E-state index >= 15 is 0 Å². The first-order chi connectivity index (χ1) is 8.75. The Morgan fingerprint density at radius 1 is 1.00 bits per heavy atom. The van der Waals surface area contributed by atoms with Gasteiger partial charge in [-0.15, -0.1) is 0 Å². The van der Waals surface area contributed by atoms with Gasteiger partial charge in [0.1, 0.15) is 11.8 Å². The summed E-state index contributed by atoms with van der Waals surface area (Å²) < 4.78 is 5.55. The molecule has 0 radical (unpaired) electrons. The fourth-order valence-electron chi connectivity index (χ4n) is 2.06.